The van der Waals surface area contributed by atoms with Crippen molar-refractivity contribution in [2.75, 3.05) is 13.2 Å². The summed E-state index contributed by atoms with van der Waals surface area (Å²) in [6.45, 7) is 8.26. The van der Waals surface area contributed by atoms with Crippen LogP contribution in [-0.4, -0.2) is 25.3 Å². The molecule has 1 aromatic rings. The van der Waals surface area contributed by atoms with E-state index >= 15 is 0 Å². The van der Waals surface area contributed by atoms with Crippen molar-refractivity contribution in [3.05, 3.63) is 35.9 Å². The van der Waals surface area contributed by atoms with E-state index in [-0.39, 0.29) is 0 Å². The van der Waals surface area contributed by atoms with E-state index in [1.165, 1.54) is 5.56 Å². The third-order valence-corrected chi connectivity index (χ3v) is 2.80. The molecule has 0 aliphatic carbocycles. The molecule has 1 rings (SSSR count). The summed E-state index contributed by atoms with van der Waals surface area (Å²) in [6, 6.07) is 11.0. The molecule has 0 aromatic heterocycles. The molecule has 0 radical (unpaired) electrons. The Bertz CT molecular complexity index is 284. The van der Waals surface area contributed by atoms with E-state index in [0.717, 1.165) is 26.0 Å². The van der Waals surface area contributed by atoms with Gasteiger partial charge in [-0.3, -0.25) is 0 Å². The van der Waals surface area contributed by atoms with Crippen molar-refractivity contribution in [2.45, 2.75) is 45.8 Å². The van der Waals surface area contributed by atoms with E-state index in [9.17, 15) is 0 Å². The van der Waals surface area contributed by atoms with Crippen LogP contribution < -0.4 is 5.32 Å². The highest BCUT2D eigenvalue weighted by atomic mass is 16.5. The molecule has 0 saturated heterocycles. The van der Waals surface area contributed by atoms with Gasteiger partial charge in [0, 0.05) is 12.6 Å². The van der Waals surface area contributed by atoms with Crippen LogP contribution >= 0.6 is 0 Å². The number of hydrogen-bond acceptors (Lipinski definition) is 2. The van der Waals surface area contributed by atoms with Gasteiger partial charge in [0.25, 0.3) is 0 Å². The highest BCUT2D eigenvalue weighted by Crippen LogP contribution is 2.03. The van der Waals surface area contributed by atoms with Crippen molar-refractivity contribution in [1.29, 1.82) is 0 Å². The Labute approximate surface area is 105 Å². The molecular formula is C15H25NO. The molecule has 2 nitrogen and oxygen atoms in total. The van der Waals surface area contributed by atoms with Gasteiger partial charge in [0.2, 0.25) is 0 Å². The standard InChI is InChI=1S/C15H25NO/c1-4-15(12-16-13(2)3)17-11-10-14-8-6-5-7-9-14/h5-9,13,15-16H,4,10-12H2,1-3H3. The summed E-state index contributed by atoms with van der Waals surface area (Å²) in [5, 5.41) is 3.42. The quantitative estimate of drug-likeness (QED) is 0.748. The second-order valence-electron chi connectivity index (χ2n) is 4.70. The van der Waals surface area contributed by atoms with E-state index in [4.69, 9.17) is 4.74 Å². The summed E-state index contributed by atoms with van der Waals surface area (Å²) in [4.78, 5) is 0. The molecule has 0 bridgehead atoms. The maximum atomic E-state index is 5.88. The fourth-order valence-electron chi connectivity index (χ4n) is 1.68. The molecular weight excluding hydrogens is 210 g/mol. The van der Waals surface area contributed by atoms with Crippen LogP contribution in [0.15, 0.2) is 30.3 Å². The minimum Gasteiger partial charge on any atom is -0.377 e. The van der Waals surface area contributed by atoms with Gasteiger partial charge in [-0.05, 0) is 18.4 Å². The van der Waals surface area contributed by atoms with Gasteiger partial charge in [-0.25, -0.2) is 0 Å². The van der Waals surface area contributed by atoms with Crippen LogP contribution in [0.1, 0.15) is 32.8 Å². The second-order valence-corrected chi connectivity index (χ2v) is 4.70. The van der Waals surface area contributed by atoms with Crippen molar-refractivity contribution in [2.24, 2.45) is 0 Å². The monoisotopic (exact) mass is 235 g/mol. The van der Waals surface area contributed by atoms with Crippen LogP contribution in [0.4, 0.5) is 0 Å². The van der Waals surface area contributed by atoms with Gasteiger partial charge in [0.15, 0.2) is 0 Å². The minimum absolute atomic E-state index is 0.334. The van der Waals surface area contributed by atoms with Crippen molar-refractivity contribution in [1.82, 2.24) is 5.32 Å². The molecule has 2 heteroatoms. The topological polar surface area (TPSA) is 21.3 Å². The second kappa shape index (κ2) is 8.26. The molecule has 0 aliphatic rings. The van der Waals surface area contributed by atoms with E-state index in [1.807, 2.05) is 6.07 Å². The summed E-state index contributed by atoms with van der Waals surface area (Å²) in [6.07, 6.45) is 2.40. The van der Waals surface area contributed by atoms with E-state index in [2.05, 4.69) is 50.4 Å². The van der Waals surface area contributed by atoms with Crippen molar-refractivity contribution >= 4 is 0 Å². The molecule has 0 amide bonds. The summed E-state index contributed by atoms with van der Waals surface area (Å²) in [5.41, 5.74) is 1.35. The molecule has 1 aromatic carbocycles. The molecule has 17 heavy (non-hydrogen) atoms. The van der Waals surface area contributed by atoms with Crippen LogP contribution in [0.25, 0.3) is 0 Å². The highest BCUT2D eigenvalue weighted by molar-refractivity contribution is 5.14. The summed E-state index contributed by atoms with van der Waals surface area (Å²) < 4.78 is 5.88. The van der Waals surface area contributed by atoms with Crippen molar-refractivity contribution in [3.63, 3.8) is 0 Å². The molecule has 1 unspecified atom stereocenters. The molecule has 1 atom stereocenters. The van der Waals surface area contributed by atoms with E-state index < -0.39 is 0 Å². The zero-order valence-corrected chi connectivity index (χ0v) is 11.3. The molecule has 0 spiro atoms. The van der Waals surface area contributed by atoms with Gasteiger partial charge >= 0.3 is 0 Å². The first-order valence-electron chi connectivity index (χ1n) is 6.61. The van der Waals surface area contributed by atoms with Crippen LogP contribution in [0, 0.1) is 0 Å². The zero-order chi connectivity index (χ0) is 12.5. The Kier molecular flexibility index (Phi) is 6.90. The average molecular weight is 235 g/mol. The number of ether oxygens (including phenoxy) is 1. The zero-order valence-electron chi connectivity index (χ0n) is 11.3. The van der Waals surface area contributed by atoms with E-state index in [1.54, 1.807) is 0 Å². The Balaban J connectivity index is 2.19. The summed E-state index contributed by atoms with van der Waals surface area (Å²) in [5.74, 6) is 0. The predicted octanol–water partition coefficient (Wildman–Crippen LogP) is 3.02. The average Bonchev–Trinajstić information content (AvgIpc) is 2.34. The maximum Gasteiger partial charge on any atom is 0.0697 e. The Hall–Kier alpha value is -0.860. The van der Waals surface area contributed by atoms with Crippen LogP contribution in [0.2, 0.25) is 0 Å². The molecule has 0 saturated carbocycles. The smallest absolute Gasteiger partial charge is 0.0697 e. The molecule has 0 aliphatic heterocycles. The minimum atomic E-state index is 0.334. The Morgan fingerprint density at radius 1 is 1.18 bits per heavy atom. The number of rotatable bonds is 8. The largest absolute Gasteiger partial charge is 0.377 e. The molecule has 0 fully saturated rings. The first kappa shape index (κ1) is 14.2. The van der Waals surface area contributed by atoms with E-state index in [0.29, 0.717) is 12.1 Å². The SMILES string of the molecule is CCC(CNC(C)C)OCCc1ccccc1. The summed E-state index contributed by atoms with van der Waals surface area (Å²) >= 11 is 0. The normalized spacial score (nSPS) is 12.9. The fraction of sp³-hybridized carbons (Fsp3) is 0.600. The van der Waals surface area contributed by atoms with Crippen LogP contribution in [0.5, 0.6) is 0 Å². The van der Waals surface area contributed by atoms with Crippen molar-refractivity contribution in [3.8, 4) is 0 Å². The predicted molar refractivity (Wildman–Crippen MR) is 73.3 cm³/mol. The highest BCUT2D eigenvalue weighted by Gasteiger charge is 2.06. The van der Waals surface area contributed by atoms with Gasteiger partial charge in [0.05, 0.1) is 12.7 Å². The van der Waals surface area contributed by atoms with Gasteiger partial charge < -0.3 is 10.1 Å². The number of benzene rings is 1. The lowest BCUT2D eigenvalue weighted by Crippen LogP contribution is -2.33. The Morgan fingerprint density at radius 3 is 2.47 bits per heavy atom. The van der Waals surface area contributed by atoms with Gasteiger partial charge in [0.1, 0.15) is 0 Å². The number of hydrogen-bond donors (Lipinski definition) is 1. The fourth-order valence-corrected chi connectivity index (χ4v) is 1.68. The third kappa shape index (κ3) is 6.44. The molecule has 1 N–H and O–H groups in total. The Morgan fingerprint density at radius 2 is 1.88 bits per heavy atom. The number of nitrogens with one attached hydrogen (secondary N) is 1. The molecule has 0 heterocycles. The van der Waals surface area contributed by atoms with Crippen molar-refractivity contribution < 1.29 is 4.74 Å². The summed E-state index contributed by atoms with van der Waals surface area (Å²) in [7, 11) is 0. The molecule has 96 valence electrons. The van der Waals surface area contributed by atoms with Crippen LogP contribution in [0.3, 0.4) is 0 Å². The van der Waals surface area contributed by atoms with Gasteiger partial charge in [-0.2, -0.15) is 0 Å². The van der Waals surface area contributed by atoms with Crippen LogP contribution in [-0.2, 0) is 11.2 Å². The lowest BCUT2D eigenvalue weighted by atomic mass is 10.2. The van der Waals surface area contributed by atoms with Gasteiger partial charge in [-0.1, -0.05) is 51.1 Å². The first-order chi connectivity index (χ1) is 8.22. The lowest BCUT2D eigenvalue weighted by molar-refractivity contribution is 0.0516. The lowest BCUT2D eigenvalue weighted by Gasteiger charge is -2.18. The maximum absolute atomic E-state index is 5.88. The third-order valence-electron chi connectivity index (χ3n) is 2.80. The first-order valence-corrected chi connectivity index (χ1v) is 6.61. The van der Waals surface area contributed by atoms with Gasteiger partial charge in [-0.15, -0.1) is 0 Å².